The maximum absolute atomic E-state index is 5.42. The Kier molecular flexibility index (Phi) is 6.90. The predicted octanol–water partition coefficient (Wildman–Crippen LogP) is 3.66. The third-order valence-electron chi connectivity index (χ3n) is 4.20. The minimum absolute atomic E-state index is 0. The Morgan fingerprint density at radius 1 is 1.04 bits per heavy atom. The quantitative estimate of drug-likeness (QED) is 0.833. The van der Waals surface area contributed by atoms with E-state index in [9.17, 15) is 0 Å². The maximum Gasteiger partial charge on any atom is 0.119 e. The lowest BCUT2D eigenvalue weighted by Gasteiger charge is -2.26. The first kappa shape index (κ1) is 17.8. The van der Waals surface area contributed by atoms with Crippen LogP contribution in [0.25, 0.3) is 11.1 Å². The minimum atomic E-state index is 0. The van der Waals surface area contributed by atoms with E-state index >= 15 is 0 Å². The lowest BCUT2D eigenvalue weighted by Crippen LogP contribution is -2.37. The predicted molar refractivity (Wildman–Crippen MR) is 96.6 cm³/mol. The first-order valence-electron chi connectivity index (χ1n) is 7.89. The van der Waals surface area contributed by atoms with Crippen molar-refractivity contribution in [2.45, 2.75) is 6.42 Å². The van der Waals surface area contributed by atoms with Gasteiger partial charge in [-0.15, -0.1) is 12.4 Å². The summed E-state index contributed by atoms with van der Waals surface area (Å²) in [6.45, 7) is 4.87. The summed E-state index contributed by atoms with van der Waals surface area (Å²) in [5.41, 5.74) is 3.89. The molecule has 3 rings (SSSR count). The van der Waals surface area contributed by atoms with E-state index in [0.29, 0.717) is 0 Å². The molecule has 1 fully saturated rings. The van der Waals surface area contributed by atoms with E-state index in [2.05, 4.69) is 53.4 Å². The average molecular weight is 334 g/mol. The third kappa shape index (κ3) is 4.71. The minimum Gasteiger partial charge on any atom is -0.497 e. The molecule has 3 nitrogen and oxygen atoms in total. The van der Waals surface area contributed by atoms with Gasteiger partial charge in [-0.2, -0.15) is 0 Å². The maximum atomic E-state index is 5.42. The van der Waals surface area contributed by atoms with Crippen LogP contribution in [0.1, 0.15) is 5.56 Å². The fourth-order valence-electron chi connectivity index (χ4n) is 2.89. The largest absolute Gasteiger partial charge is 0.497 e. The second-order valence-corrected chi connectivity index (χ2v) is 5.59. The zero-order valence-corrected chi connectivity index (χ0v) is 14.3. The van der Waals surface area contributed by atoms with Crippen molar-refractivity contribution in [3.05, 3.63) is 54.1 Å². The number of rotatable bonds is 5. The fraction of sp³-hybridized carbons (Fsp3) is 0.368. The van der Waals surface area contributed by atoms with Crippen LogP contribution in [0.5, 0.6) is 5.75 Å². The summed E-state index contributed by atoms with van der Waals surface area (Å²) in [4.78, 5) is 2.47. The molecular weight excluding hydrogens is 310 g/mol. The van der Waals surface area contributed by atoms with E-state index in [-0.39, 0.29) is 12.4 Å². The molecular formula is C19H24ClNO2. The van der Waals surface area contributed by atoms with Gasteiger partial charge >= 0.3 is 0 Å². The van der Waals surface area contributed by atoms with Gasteiger partial charge in [-0.25, -0.2) is 0 Å². The van der Waals surface area contributed by atoms with Crippen LogP contribution < -0.4 is 4.74 Å². The Morgan fingerprint density at radius 2 is 1.78 bits per heavy atom. The number of halogens is 1. The highest BCUT2D eigenvalue weighted by Gasteiger charge is 2.12. The van der Waals surface area contributed by atoms with E-state index in [4.69, 9.17) is 9.47 Å². The van der Waals surface area contributed by atoms with E-state index in [0.717, 1.165) is 45.0 Å². The Bertz CT molecular complexity index is 598. The first-order valence-corrected chi connectivity index (χ1v) is 7.89. The number of nitrogens with zero attached hydrogens (tertiary/aromatic N) is 1. The van der Waals surface area contributed by atoms with Crippen molar-refractivity contribution in [3.63, 3.8) is 0 Å². The van der Waals surface area contributed by atoms with Crippen LogP contribution >= 0.6 is 12.4 Å². The van der Waals surface area contributed by atoms with Crippen molar-refractivity contribution in [2.24, 2.45) is 0 Å². The van der Waals surface area contributed by atoms with Gasteiger partial charge in [-0.05, 0) is 35.2 Å². The highest BCUT2D eigenvalue weighted by Crippen LogP contribution is 2.28. The normalized spacial score (nSPS) is 15.0. The van der Waals surface area contributed by atoms with Gasteiger partial charge in [0.1, 0.15) is 5.75 Å². The standard InChI is InChI=1S/C19H23NO2.ClH/c1-21-18-8-7-17(9-10-20-11-13-22-14-12-20)19(15-18)16-5-3-2-4-6-16;/h2-8,15H,9-14H2,1H3;1H. The van der Waals surface area contributed by atoms with Crippen molar-refractivity contribution in [3.8, 4) is 16.9 Å². The summed E-state index contributed by atoms with van der Waals surface area (Å²) < 4.78 is 10.8. The number of methoxy groups -OCH3 is 1. The summed E-state index contributed by atoms with van der Waals surface area (Å²) in [6, 6.07) is 16.9. The van der Waals surface area contributed by atoms with Gasteiger partial charge in [-0.3, -0.25) is 4.90 Å². The topological polar surface area (TPSA) is 21.7 Å². The van der Waals surface area contributed by atoms with Crippen molar-refractivity contribution < 1.29 is 9.47 Å². The zero-order valence-electron chi connectivity index (χ0n) is 13.5. The monoisotopic (exact) mass is 333 g/mol. The van der Waals surface area contributed by atoms with Gasteiger partial charge in [0.15, 0.2) is 0 Å². The summed E-state index contributed by atoms with van der Waals surface area (Å²) in [7, 11) is 1.72. The van der Waals surface area contributed by atoms with E-state index < -0.39 is 0 Å². The van der Waals surface area contributed by atoms with Crippen molar-refractivity contribution >= 4 is 12.4 Å². The van der Waals surface area contributed by atoms with Gasteiger partial charge in [0.25, 0.3) is 0 Å². The van der Waals surface area contributed by atoms with E-state index in [1.807, 2.05) is 0 Å². The summed E-state index contributed by atoms with van der Waals surface area (Å²) in [5.74, 6) is 0.911. The molecule has 0 radical (unpaired) electrons. The van der Waals surface area contributed by atoms with E-state index in [1.54, 1.807) is 7.11 Å². The smallest absolute Gasteiger partial charge is 0.119 e. The second-order valence-electron chi connectivity index (χ2n) is 5.59. The SMILES string of the molecule is COc1ccc(CCN2CCOCC2)c(-c2ccccc2)c1.Cl. The first-order chi connectivity index (χ1) is 10.9. The van der Waals surface area contributed by atoms with Crippen LogP contribution in [-0.4, -0.2) is 44.9 Å². The Morgan fingerprint density at radius 3 is 2.48 bits per heavy atom. The van der Waals surface area contributed by atoms with Gasteiger partial charge in [-0.1, -0.05) is 36.4 Å². The van der Waals surface area contributed by atoms with Gasteiger partial charge in [0.2, 0.25) is 0 Å². The van der Waals surface area contributed by atoms with Crippen molar-refractivity contribution in [2.75, 3.05) is 40.0 Å². The Balaban J connectivity index is 0.00000192. The zero-order chi connectivity index (χ0) is 15.2. The second kappa shape index (κ2) is 8.92. The molecule has 0 amide bonds. The van der Waals surface area contributed by atoms with Crippen LogP contribution in [0.2, 0.25) is 0 Å². The van der Waals surface area contributed by atoms with Crippen LogP contribution in [0.3, 0.4) is 0 Å². The van der Waals surface area contributed by atoms with Crippen molar-refractivity contribution in [1.82, 2.24) is 4.90 Å². The molecule has 0 spiro atoms. The summed E-state index contributed by atoms with van der Waals surface area (Å²) in [6.07, 6.45) is 1.05. The van der Waals surface area contributed by atoms with Crippen LogP contribution in [0, 0.1) is 0 Å². The van der Waals surface area contributed by atoms with E-state index in [1.165, 1.54) is 16.7 Å². The van der Waals surface area contributed by atoms with Gasteiger partial charge in [0, 0.05) is 19.6 Å². The molecule has 2 aromatic rings. The van der Waals surface area contributed by atoms with Crippen LogP contribution in [0.15, 0.2) is 48.5 Å². The lowest BCUT2D eigenvalue weighted by molar-refractivity contribution is 0.0384. The molecule has 0 aromatic heterocycles. The molecule has 124 valence electrons. The molecule has 0 N–H and O–H groups in total. The van der Waals surface area contributed by atoms with Crippen LogP contribution in [0.4, 0.5) is 0 Å². The molecule has 4 heteroatoms. The average Bonchev–Trinajstić information content (AvgIpc) is 2.61. The molecule has 0 bridgehead atoms. The van der Waals surface area contributed by atoms with Gasteiger partial charge in [0.05, 0.1) is 20.3 Å². The number of hydrogen-bond donors (Lipinski definition) is 0. The summed E-state index contributed by atoms with van der Waals surface area (Å²) >= 11 is 0. The van der Waals surface area contributed by atoms with Gasteiger partial charge < -0.3 is 9.47 Å². The number of ether oxygens (including phenoxy) is 2. The molecule has 2 aromatic carbocycles. The fourth-order valence-corrected chi connectivity index (χ4v) is 2.89. The highest BCUT2D eigenvalue weighted by molar-refractivity contribution is 5.85. The van der Waals surface area contributed by atoms with Crippen LogP contribution in [-0.2, 0) is 11.2 Å². The highest BCUT2D eigenvalue weighted by atomic mass is 35.5. The molecule has 23 heavy (non-hydrogen) atoms. The molecule has 0 unspecified atom stereocenters. The molecule has 1 aliphatic heterocycles. The molecule has 1 aliphatic rings. The molecule has 1 heterocycles. The Hall–Kier alpha value is -1.55. The lowest BCUT2D eigenvalue weighted by atomic mass is 9.97. The summed E-state index contributed by atoms with van der Waals surface area (Å²) in [5, 5.41) is 0. The Labute approximate surface area is 144 Å². The molecule has 0 aliphatic carbocycles. The number of morpholine rings is 1. The van der Waals surface area contributed by atoms with Crippen molar-refractivity contribution in [1.29, 1.82) is 0 Å². The number of hydrogen-bond acceptors (Lipinski definition) is 3. The molecule has 0 atom stereocenters. The molecule has 0 saturated carbocycles. The third-order valence-corrected chi connectivity index (χ3v) is 4.20. The molecule has 1 saturated heterocycles. The number of benzene rings is 2.